The van der Waals surface area contributed by atoms with Crippen LogP contribution in [0, 0.1) is 32.1 Å². The summed E-state index contributed by atoms with van der Waals surface area (Å²) in [6, 6.07) is 9.66. The lowest BCUT2D eigenvalue weighted by Crippen LogP contribution is -2.31. The van der Waals surface area contributed by atoms with Crippen LogP contribution in [-0.4, -0.2) is 30.4 Å². The molecule has 0 fully saturated rings. The second kappa shape index (κ2) is 7.14. The predicted molar refractivity (Wildman–Crippen MR) is 116 cm³/mol. The van der Waals surface area contributed by atoms with Gasteiger partial charge in [-0.05, 0) is 32.4 Å². The van der Waals surface area contributed by atoms with E-state index in [1.807, 2.05) is 51.1 Å². The summed E-state index contributed by atoms with van der Waals surface area (Å²) < 4.78 is 6.58. The Bertz CT molecular complexity index is 1260. The van der Waals surface area contributed by atoms with Crippen molar-refractivity contribution in [2.45, 2.75) is 20.8 Å². The molecule has 1 aromatic carbocycles. The number of amides is 2. The summed E-state index contributed by atoms with van der Waals surface area (Å²) in [5.74, 6) is -0.871. The quantitative estimate of drug-likeness (QED) is 0.451. The van der Waals surface area contributed by atoms with Gasteiger partial charge in [-0.15, -0.1) is 11.3 Å². The summed E-state index contributed by atoms with van der Waals surface area (Å²) >= 11 is 3.04. The van der Waals surface area contributed by atoms with Gasteiger partial charge in [0.1, 0.15) is 6.54 Å². The van der Waals surface area contributed by atoms with Gasteiger partial charge >= 0.3 is 0 Å². The molecular formula is C22H18N2O3S2. The second-order valence-corrected chi connectivity index (χ2v) is 9.23. The van der Waals surface area contributed by atoms with Crippen molar-refractivity contribution in [2.75, 3.05) is 13.7 Å². The van der Waals surface area contributed by atoms with Crippen molar-refractivity contribution in [3.63, 3.8) is 0 Å². The van der Waals surface area contributed by atoms with E-state index in [-0.39, 0.29) is 6.54 Å². The van der Waals surface area contributed by atoms with Crippen molar-refractivity contribution < 1.29 is 14.3 Å². The molecule has 0 atom stereocenters. The van der Waals surface area contributed by atoms with Gasteiger partial charge in [0.25, 0.3) is 11.8 Å². The van der Waals surface area contributed by atoms with Crippen LogP contribution in [0.4, 0.5) is 0 Å². The minimum atomic E-state index is -0.448. The first-order valence-corrected chi connectivity index (χ1v) is 10.6. The van der Waals surface area contributed by atoms with E-state index in [0.29, 0.717) is 21.8 Å². The van der Waals surface area contributed by atoms with Crippen LogP contribution >= 0.6 is 22.7 Å². The van der Waals surface area contributed by atoms with E-state index in [1.54, 1.807) is 18.4 Å². The van der Waals surface area contributed by atoms with Crippen LogP contribution in [0.5, 0.6) is 5.06 Å². The molecule has 0 saturated heterocycles. The highest BCUT2D eigenvalue weighted by Crippen LogP contribution is 2.48. The smallest absolute Gasteiger partial charge is 0.263 e. The third-order valence-electron chi connectivity index (χ3n) is 5.21. The Labute approximate surface area is 176 Å². The number of imide groups is 1. The molecule has 0 N–H and O–H groups in total. The number of thiophene rings is 2. The Hall–Kier alpha value is -2.95. The molecular weight excluding hydrogens is 404 g/mol. The Morgan fingerprint density at radius 2 is 1.66 bits per heavy atom. The zero-order valence-electron chi connectivity index (χ0n) is 16.5. The molecule has 146 valence electrons. The minimum Gasteiger partial charge on any atom is -0.487 e. The molecule has 3 aromatic rings. The highest BCUT2D eigenvalue weighted by molar-refractivity contribution is 7.21. The van der Waals surface area contributed by atoms with Gasteiger partial charge in [0.15, 0.2) is 5.06 Å². The molecule has 29 heavy (non-hydrogen) atoms. The average molecular weight is 423 g/mol. The van der Waals surface area contributed by atoms with E-state index in [0.717, 1.165) is 35.9 Å². The number of carbonyl (C=O) groups is 2. The summed E-state index contributed by atoms with van der Waals surface area (Å²) in [6.45, 7) is 5.65. The number of carbonyl (C=O) groups excluding carboxylic acids is 2. The Balaban J connectivity index is 2.12. The number of fused-ring (bicyclic) bond motifs is 1. The number of nitriles is 1. The van der Waals surface area contributed by atoms with Gasteiger partial charge in [-0.25, -0.2) is 0 Å². The summed E-state index contributed by atoms with van der Waals surface area (Å²) in [5.41, 5.74) is 3.09. The molecule has 0 spiro atoms. The molecule has 0 bridgehead atoms. The van der Waals surface area contributed by atoms with Crippen LogP contribution in [0.1, 0.15) is 26.4 Å². The van der Waals surface area contributed by atoms with E-state index in [4.69, 9.17) is 4.74 Å². The first-order valence-electron chi connectivity index (χ1n) is 9.01. The number of nitrogens with zero attached hydrogens (tertiary/aromatic N) is 2. The standard InChI is InChI=1S/C22H18N2O3S2/c1-11-12(2)28-13(3)16(11)18-19(21(26)24(10-9-23)20(18)25)17-14-7-5-6-8-15(14)29-22(17)27-4/h5-8H,10H2,1-4H3. The van der Waals surface area contributed by atoms with Crippen molar-refractivity contribution in [3.8, 4) is 11.1 Å². The number of rotatable bonds is 4. The van der Waals surface area contributed by atoms with Gasteiger partial charge in [-0.2, -0.15) is 5.26 Å². The highest BCUT2D eigenvalue weighted by atomic mass is 32.1. The third-order valence-corrected chi connectivity index (χ3v) is 7.46. The molecule has 7 heteroatoms. The summed E-state index contributed by atoms with van der Waals surface area (Å²) in [4.78, 5) is 29.8. The number of hydrogen-bond acceptors (Lipinski definition) is 6. The number of methoxy groups -OCH3 is 1. The van der Waals surface area contributed by atoms with E-state index in [1.165, 1.54) is 11.3 Å². The fourth-order valence-corrected chi connectivity index (χ4v) is 5.91. The maximum atomic E-state index is 13.4. The van der Waals surface area contributed by atoms with Crippen LogP contribution in [0.3, 0.4) is 0 Å². The van der Waals surface area contributed by atoms with Crippen LogP contribution in [0.2, 0.25) is 0 Å². The molecule has 4 rings (SSSR count). The number of aryl methyl sites for hydroxylation is 2. The Morgan fingerprint density at radius 1 is 1.00 bits per heavy atom. The average Bonchev–Trinajstić information content (AvgIpc) is 3.27. The Kier molecular flexibility index (Phi) is 4.77. The van der Waals surface area contributed by atoms with Crippen molar-refractivity contribution in [1.82, 2.24) is 4.90 Å². The van der Waals surface area contributed by atoms with Crippen LogP contribution in [0.15, 0.2) is 24.3 Å². The van der Waals surface area contributed by atoms with Gasteiger partial charge < -0.3 is 4.74 Å². The van der Waals surface area contributed by atoms with Gasteiger partial charge in [-0.3, -0.25) is 14.5 Å². The number of hydrogen-bond donors (Lipinski definition) is 0. The summed E-state index contributed by atoms with van der Waals surface area (Å²) in [7, 11) is 1.56. The minimum absolute atomic E-state index is 0.281. The van der Waals surface area contributed by atoms with Gasteiger partial charge in [0.2, 0.25) is 0 Å². The van der Waals surface area contributed by atoms with Crippen molar-refractivity contribution >= 4 is 55.7 Å². The largest absolute Gasteiger partial charge is 0.487 e. The molecule has 1 aliphatic heterocycles. The van der Waals surface area contributed by atoms with Crippen molar-refractivity contribution in [2.24, 2.45) is 0 Å². The zero-order chi connectivity index (χ0) is 20.9. The molecule has 1 aliphatic rings. The third kappa shape index (κ3) is 2.79. The zero-order valence-corrected chi connectivity index (χ0v) is 18.1. The molecule has 2 amide bonds. The summed E-state index contributed by atoms with van der Waals surface area (Å²) in [6.07, 6.45) is 0. The van der Waals surface area contributed by atoms with Gasteiger partial charge in [0, 0.05) is 31.0 Å². The molecule has 0 unspecified atom stereocenters. The maximum Gasteiger partial charge on any atom is 0.263 e. The number of ether oxygens (including phenoxy) is 1. The van der Waals surface area contributed by atoms with E-state index in [9.17, 15) is 14.9 Å². The summed E-state index contributed by atoms with van der Waals surface area (Å²) in [5, 5.41) is 10.6. The normalized spacial score (nSPS) is 14.2. The second-order valence-electron chi connectivity index (χ2n) is 6.78. The molecule has 5 nitrogen and oxygen atoms in total. The van der Waals surface area contributed by atoms with Crippen LogP contribution in [0.25, 0.3) is 21.2 Å². The topological polar surface area (TPSA) is 70.4 Å². The SMILES string of the molecule is COc1sc2ccccc2c1C1=C(c2c(C)sc(C)c2C)C(=O)N(CC#N)C1=O. The highest BCUT2D eigenvalue weighted by Gasteiger charge is 2.43. The molecule has 0 saturated carbocycles. The Morgan fingerprint density at radius 3 is 2.24 bits per heavy atom. The van der Waals surface area contributed by atoms with E-state index >= 15 is 0 Å². The van der Waals surface area contributed by atoms with Crippen molar-refractivity contribution in [3.05, 3.63) is 50.7 Å². The molecule has 0 aliphatic carbocycles. The van der Waals surface area contributed by atoms with E-state index < -0.39 is 11.8 Å². The molecule has 3 heterocycles. The molecule has 0 radical (unpaired) electrons. The maximum absolute atomic E-state index is 13.4. The van der Waals surface area contributed by atoms with Crippen LogP contribution < -0.4 is 4.74 Å². The monoisotopic (exact) mass is 422 g/mol. The van der Waals surface area contributed by atoms with Crippen molar-refractivity contribution in [1.29, 1.82) is 5.26 Å². The first-order chi connectivity index (χ1) is 13.9. The van der Waals surface area contributed by atoms with E-state index in [2.05, 4.69) is 0 Å². The lowest BCUT2D eigenvalue weighted by atomic mass is 9.93. The molecule has 2 aromatic heterocycles. The fraction of sp³-hybridized carbons (Fsp3) is 0.227. The first kappa shape index (κ1) is 19.4. The van der Waals surface area contributed by atoms with Crippen LogP contribution in [-0.2, 0) is 9.59 Å². The lowest BCUT2D eigenvalue weighted by Gasteiger charge is -2.10. The fourth-order valence-electron chi connectivity index (χ4n) is 3.82. The predicted octanol–water partition coefficient (Wildman–Crippen LogP) is 4.70. The lowest BCUT2D eigenvalue weighted by molar-refractivity contribution is -0.135. The number of benzene rings is 1. The van der Waals surface area contributed by atoms with Gasteiger partial charge in [-0.1, -0.05) is 29.5 Å². The van der Waals surface area contributed by atoms with Gasteiger partial charge in [0.05, 0.1) is 24.3 Å².